The first-order valence-corrected chi connectivity index (χ1v) is 6.58. The second kappa shape index (κ2) is 5.52. The van der Waals surface area contributed by atoms with Gasteiger partial charge in [-0.25, -0.2) is 0 Å². The molecule has 0 atom stereocenters. The number of carbonyl (C=O) groups is 1. The Morgan fingerprint density at radius 3 is 2.78 bits per heavy atom. The van der Waals surface area contributed by atoms with Gasteiger partial charge in [-0.05, 0) is 26.7 Å². The highest BCUT2D eigenvalue weighted by molar-refractivity contribution is 5.75. The molecule has 0 bridgehead atoms. The first-order chi connectivity index (χ1) is 8.61. The molecule has 5 heteroatoms. The van der Waals surface area contributed by atoms with Gasteiger partial charge in [-0.15, -0.1) is 0 Å². The van der Waals surface area contributed by atoms with Crippen LogP contribution in [0.2, 0.25) is 0 Å². The van der Waals surface area contributed by atoms with Crippen LogP contribution in [0.5, 0.6) is 0 Å². The van der Waals surface area contributed by atoms with Crippen molar-refractivity contribution in [1.82, 2.24) is 20.4 Å². The van der Waals surface area contributed by atoms with Gasteiger partial charge in [0, 0.05) is 43.9 Å². The van der Waals surface area contributed by atoms with Crippen LogP contribution in [0, 0.1) is 13.8 Å². The van der Waals surface area contributed by atoms with E-state index in [1.807, 2.05) is 11.6 Å². The zero-order valence-corrected chi connectivity index (χ0v) is 11.4. The molecule has 2 rings (SSSR count). The molecule has 1 aromatic heterocycles. The highest BCUT2D eigenvalue weighted by Crippen LogP contribution is 2.21. The summed E-state index contributed by atoms with van der Waals surface area (Å²) in [7, 11) is 1.66. The fourth-order valence-corrected chi connectivity index (χ4v) is 2.07. The minimum absolute atomic E-state index is 0.0557. The van der Waals surface area contributed by atoms with Gasteiger partial charge in [-0.2, -0.15) is 5.10 Å². The lowest BCUT2D eigenvalue weighted by Gasteiger charge is -2.06. The fraction of sp³-hybridized carbons (Fsp3) is 0.692. The monoisotopic (exact) mass is 250 g/mol. The largest absolute Gasteiger partial charge is 0.359 e. The Morgan fingerprint density at radius 2 is 2.17 bits per heavy atom. The molecule has 1 fully saturated rings. The van der Waals surface area contributed by atoms with Crippen molar-refractivity contribution in [2.24, 2.45) is 0 Å². The molecule has 0 aliphatic heterocycles. The van der Waals surface area contributed by atoms with Gasteiger partial charge in [0.1, 0.15) is 0 Å². The average molecular weight is 250 g/mol. The van der Waals surface area contributed by atoms with Crippen LogP contribution in [0.25, 0.3) is 0 Å². The van der Waals surface area contributed by atoms with Crippen LogP contribution >= 0.6 is 0 Å². The van der Waals surface area contributed by atoms with E-state index in [2.05, 4.69) is 22.7 Å². The van der Waals surface area contributed by atoms with E-state index in [4.69, 9.17) is 0 Å². The molecule has 1 saturated carbocycles. The van der Waals surface area contributed by atoms with Gasteiger partial charge < -0.3 is 10.6 Å². The molecular formula is C13H22N4O. The summed E-state index contributed by atoms with van der Waals surface area (Å²) in [6.45, 7) is 5.65. The Labute approximate surface area is 108 Å². The molecular weight excluding hydrogens is 228 g/mol. The first-order valence-electron chi connectivity index (χ1n) is 6.58. The summed E-state index contributed by atoms with van der Waals surface area (Å²) in [5.74, 6) is 0.0557. The maximum absolute atomic E-state index is 11.2. The number of rotatable bonds is 6. The number of nitrogens with zero attached hydrogens (tertiary/aromatic N) is 2. The van der Waals surface area contributed by atoms with E-state index in [-0.39, 0.29) is 5.91 Å². The number of carbonyl (C=O) groups excluding carboxylic acids is 1. The van der Waals surface area contributed by atoms with E-state index in [1.165, 1.54) is 24.1 Å². The number of nitrogens with one attached hydrogen (secondary N) is 2. The van der Waals surface area contributed by atoms with E-state index in [0.717, 1.165) is 12.2 Å². The minimum Gasteiger partial charge on any atom is -0.359 e. The highest BCUT2D eigenvalue weighted by atomic mass is 16.1. The van der Waals surface area contributed by atoms with Gasteiger partial charge in [0.05, 0.1) is 5.69 Å². The molecule has 1 aliphatic rings. The first kappa shape index (κ1) is 13.1. The quantitative estimate of drug-likeness (QED) is 0.788. The molecule has 100 valence electrons. The van der Waals surface area contributed by atoms with Crippen LogP contribution in [0.1, 0.15) is 36.2 Å². The van der Waals surface area contributed by atoms with E-state index in [0.29, 0.717) is 19.0 Å². The molecule has 18 heavy (non-hydrogen) atoms. The van der Waals surface area contributed by atoms with Crippen LogP contribution in [-0.2, 0) is 17.9 Å². The predicted octanol–water partition coefficient (Wildman–Crippen LogP) is 0.888. The number of hydrogen-bond acceptors (Lipinski definition) is 3. The van der Waals surface area contributed by atoms with Crippen molar-refractivity contribution >= 4 is 5.91 Å². The Balaban J connectivity index is 1.97. The predicted molar refractivity (Wildman–Crippen MR) is 70.2 cm³/mol. The molecule has 5 nitrogen and oxygen atoms in total. The highest BCUT2D eigenvalue weighted by Gasteiger charge is 2.21. The SMILES string of the molecule is CNC(=O)CCn1nc(C)c(CNC2CC2)c1C. The fourth-order valence-electron chi connectivity index (χ4n) is 2.07. The molecule has 0 unspecified atom stereocenters. The van der Waals surface area contributed by atoms with E-state index in [9.17, 15) is 4.79 Å². The third kappa shape index (κ3) is 3.10. The normalized spacial score (nSPS) is 14.8. The van der Waals surface area contributed by atoms with Crippen molar-refractivity contribution in [3.05, 3.63) is 17.0 Å². The standard InChI is InChI=1S/C13H22N4O/c1-9-12(8-15-11-4-5-11)10(2)17(16-9)7-6-13(18)14-3/h11,15H,4-8H2,1-3H3,(H,14,18). The summed E-state index contributed by atoms with van der Waals surface area (Å²) in [6.07, 6.45) is 3.07. The van der Waals surface area contributed by atoms with Crippen molar-refractivity contribution < 1.29 is 4.79 Å². The summed E-state index contributed by atoms with van der Waals surface area (Å²) >= 11 is 0. The van der Waals surface area contributed by atoms with E-state index >= 15 is 0 Å². The zero-order valence-electron chi connectivity index (χ0n) is 11.4. The van der Waals surface area contributed by atoms with Gasteiger partial charge >= 0.3 is 0 Å². The van der Waals surface area contributed by atoms with Crippen molar-refractivity contribution in [2.45, 2.75) is 52.2 Å². The van der Waals surface area contributed by atoms with Crippen molar-refractivity contribution in [2.75, 3.05) is 7.05 Å². The molecule has 1 aliphatic carbocycles. The van der Waals surface area contributed by atoms with Crippen LogP contribution in [0.3, 0.4) is 0 Å². The number of amides is 1. The topological polar surface area (TPSA) is 59.0 Å². The molecule has 1 heterocycles. The summed E-state index contributed by atoms with van der Waals surface area (Å²) in [6, 6.07) is 0.706. The van der Waals surface area contributed by atoms with Crippen LogP contribution in [0.4, 0.5) is 0 Å². The molecule has 1 amide bonds. The van der Waals surface area contributed by atoms with Crippen LogP contribution in [0.15, 0.2) is 0 Å². The number of hydrogen-bond donors (Lipinski definition) is 2. The molecule has 2 N–H and O–H groups in total. The Hall–Kier alpha value is -1.36. The third-order valence-corrected chi connectivity index (χ3v) is 3.51. The van der Waals surface area contributed by atoms with Gasteiger partial charge in [-0.1, -0.05) is 0 Å². The average Bonchev–Trinajstić information content (AvgIpc) is 3.13. The Morgan fingerprint density at radius 1 is 1.44 bits per heavy atom. The summed E-state index contributed by atoms with van der Waals surface area (Å²) < 4.78 is 1.94. The van der Waals surface area contributed by atoms with Crippen molar-refractivity contribution in [3.8, 4) is 0 Å². The molecule has 0 saturated heterocycles. The van der Waals surface area contributed by atoms with E-state index in [1.54, 1.807) is 7.05 Å². The molecule has 0 aromatic carbocycles. The lowest BCUT2D eigenvalue weighted by Crippen LogP contribution is -2.20. The molecule has 1 aromatic rings. The maximum atomic E-state index is 11.2. The van der Waals surface area contributed by atoms with Crippen molar-refractivity contribution in [1.29, 1.82) is 0 Å². The Bertz CT molecular complexity index is 434. The lowest BCUT2D eigenvalue weighted by molar-refractivity contribution is -0.120. The zero-order chi connectivity index (χ0) is 13.1. The second-order valence-corrected chi connectivity index (χ2v) is 4.95. The number of aryl methyl sites for hydroxylation is 2. The lowest BCUT2D eigenvalue weighted by atomic mass is 10.2. The van der Waals surface area contributed by atoms with Crippen LogP contribution in [-0.4, -0.2) is 28.8 Å². The van der Waals surface area contributed by atoms with Gasteiger partial charge in [0.25, 0.3) is 0 Å². The van der Waals surface area contributed by atoms with Crippen molar-refractivity contribution in [3.63, 3.8) is 0 Å². The smallest absolute Gasteiger partial charge is 0.221 e. The van der Waals surface area contributed by atoms with Gasteiger partial charge in [0.15, 0.2) is 0 Å². The summed E-state index contributed by atoms with van der Waals surface area (Å²) in [4.78, 5) is 11.2. The summed E-state index contributed by atoms with van der Waals surface area (Å²) in [5, 5.41) is 10.7. The Kier molecular flexibility index (Phi) is 4.01. The second-order valence-electron chi connectivity index (χ2n) is 4.95. The maximum Gasteiger partial charge on any atom is 0.221 e. The third-order valence-electron chi connectivity index (χ3n) is 3.51. The van der Waals surface area contributed by atoms with Gasteiger partial charge in [0.2, 0.25) is 5.91 Å². The molecule has 0 radical (unpaired) electrons. The van der Waals surface area contributed by atoms with E-state index < -0.39 is 0 Å². The van der Waals surface area contributed by atoms with Crippen LogP contribution < -0.4 is 10.6 Å². The number of aromatic nitrogens is 2. The minimum atomic E-state index is 0.0557. The van der Waals surface area contributed by atoms with Gasteiger partial charge in [-0.3, -0.25) is 9.48 Å². The summed E-state index contributed by atoms with van der Waals surface area (Å²) in [5.41, 5.74) is 3.51. The molecule has 0 spiro atoms.